The van der Waals surface area contributed by atoms with Crippen LogP contribution in [0.25, 0.3) is 0 Å². The Morgan fingerprint density at radius 1 is 1.05 bits per heavy atom. The normalized spacial score (nSPS) is 14.4. The Hall–Kier alpha value is -2.36. The highest BCUT2D eigenvalue weighted by atomic mass is 19.1. The molecule has 1 amide bonds. The molecule has 1 aliphatic heterocycles. The van der Waals surface area contributed by atoms with E-state index in [2.05, 4.69) is 12.1 Å². The van der Waals surface area contributed by atoms with Crippen molar-refractivity contribution in [1.82, 2.24) is 4.90 Å². The van der Waals surface area contributed by atoms with E-state index in [0.29, 0.717) is 13.1 Å². The molecule has 2 aromatic carbocycles. The number of nitrogens with zero attached hydrogens (tertiary/aromatic N) is 1. The van der Waals surface area contributed by atoms with Gasteiger partial charge in [0.25, 0.3) is 5.91 Å². The minimum atomic E-state index is -0.679. The number of rotatable bonds is 1. The number of fused-ring (bicyclic) bond motifs is 1. The third-order valence-corrected chi connectivity index (χ3v) is 3.89. The zero-order chi connectivity index (χ0) is 14.8. The number of phenols is 1. The molecule has 0 atom stereocenters. The Morgan fingerprint density at radius 3 is 2.24 bits per heavy atom. The molecule has 0 aliphatic carbocycles. The van der Waals surface area contributed by atoms with E-state index in [9.17, 15) is 14.3 Å². The van der Waals surface area contributed by atoms with Crippen LogP contribution < -0.4 is 0 Å². The van der Waals surface area contributed by atoms with Crippen LogP contribution >= 0.6 is 0 Å². The van der Waals surface area contributed by atoms with E-state index in [0.717, 1.165) is 18.9 Å². The van der Waals surface area contributed by atoms with Crippen molar-refractivity contribution in [3.05, 3.63) is 65.0 Å². The molecular weight excluding hydrogens is 269 g/mol. The quantitative estimate of drug-likeness (QED) is 0.875. The number of hydrogen-bond acceptors (Lipinski definition) is 2. The number of aromatic hydroxyl groups is 1. The molecule has 0 fully saturated rings. The molecule has 2 aromatic rings. The van der Waals surface area contributed by atoms with Crippen molar-refractivity contribution in [2.75, 3.05) is 13.1 Å². The fraction of sp³-hybridized carbons (Fsp3) is 0.235. The third-order valence-electron chi connectivity index (χ3n) is 3.89. The maximum absolute atomic E-state index is 13.8. The van der Waals surface area contributed by atoms with E-state index in [1.54, 1.807) is 4.90 Å². The molecule has 3 rings (SSSR count). The molecule has 21 heavy (non-hydrogen) atoms. The van der Waals surface area contributed by atoms with E-state index >= 15 is 0 Å². The van der Waals surface area contributed by atoms with Gasteiger partial charge in [0.15, 0.2) is 0 Å². The molecule has 4 heteroatoms. The van der Waals surface area contributed by atoms with Gasteiger partial charge in [-0.3, -0.25) is 4.79 Å². The number of carbonyl (C=O) groups excluding carboxylic acids is 1. The summed E-state index contributed by atoms with van der Waals surface area (Å²) >= 11 is 0. The van der Waals surface area contributed by atoms with E-state index < -0.39 is 5.82 Å². The van der Waals surface area contributed by atoms with Crippen LogP contribution in [0, 0.1) is 5.82 Å². The molecule has 3 nitrogen and oxygen atoms in total. The Morgan fingerprint density at radius 2 is 1.67 bits per heavy atom. The van der Waals surface area contributed by atoms with Gasteiger partial charge in [-0.05, 0) is 36.1 Å². The van der Waals surface area contributed by atoms with Crippen molar-refractivity contribution in [1.29, 1.82) is 0 Å². The highest BCUT2D eigenvalue weighted by Gasteiger charge is 2.22. The SMILES string of the molecule is O=C(c1ccc(O)cc1F)N1CCc2ccccc2CC1. The highest BCUT2D eigenvalue weighted by Crippen LogP contribution is 2.20. The summed E-state index contributed by atoms with van der Waals surface area (Å²) in [7, 11) is 0. The van der Waals surface area contributed by atoms with Crippen molar-refractivity contribution >= 4 is 5.91 Å². The number of benzene rings is 2. The standard InChI is InChI=1S/C17H16FNO2/c18-16-11-14(20)5-6-15(16)17(21)19-9-7-12-3-1-2-4-13(12)8-10-19/h1-6,11,20H,7-10H2. The maximum atomic E-state index is 13.8. The van der Waals surface area contributed by atoms with Crippen LogP contribution in [0.15, 0.2) is 42.5 Å². The van der Waals surface area contributed by atoms with Gasteiger partial charge >= 0.3 is 0 Å². The highest BCUT2D eigenvalue weighted by molar-refractivity contribution is 5.94. The first-order valence-electron chi connectivity index (χ1n) is 7.00. The van der Waals surface area contributed by atoms with Crippen molar-refractivity contribution < 1.29 is 14.3 Å². The Labute approximate surface area is 122 Å². The molecule has 0 aromatic heterocycles. The third kappa shape index (κ3) is 2.75. The van der Waals surface area contributed by atoms with Gasteiger partial charge in [-0.25, -0.2) is 4.39 Å². The van der Waals surface area contributed by atoms with Crippen LogP contribution in [0.4, 0.5) is 4.39 Å². The molecule has 0 bridgehead atoms. The molecule has 0 unspecified atom stereocenters. The summed E-state index contributed by atoms with van der Waals surface area (Å²) in [6.07, 6.45) is 1.56. The number of hydrogen-bond donors (Lipinski definition) is 1. The summed E-state index contributed by atoms with van der Waals surface area (Å²) < 4.78 is 13.8. The largest absolute Gasteiger partial charge is 0.508 e. The lowest BCUT2D eigenvalue weighted by atomic mass is 10.0. The molecule has 1 N–H and O–H groups in total. The average molecular weight is 285 g/mol. The topological polar surface area (TPSA) is 40.5 Å². The predicted molar refractivity (Wildman–Crippen MR) is 77.8 cm³/mol. The summed E-state index contributed by atoms with van der Waals surface area (Å²) in [6.45, 7) is 1.16. The molecular formula is C17H16FNO2. The van der Waals surface area contributed by atoms with Crippen molar-refractivity contribution in [3.8, 4) is 5.75 Å². The van der Waals surface area contributed by atoms with Crippen molar-refractivity contribution in [2.45, 2.75) is 12.8 Å². The van der Waals surface area contributed by atoms with Crippen molar-refractivity contribution in [2.24, 2.45) is 0 Å². The van der Waals surface area contributed by atoms with Crippen LogP contribution in [0.3, 0.4) is 0 Å². The fourth-order valence-corrected chi connectivity index (χ4v) is 2.72. The monoisotopic (exact) mass is 285 g/mol. The first-order chi connectivity index (χ1) is 10.1. The second kappa shape index (κ2) is 5.56. The van der Waals surface area contributed by atoms with Gasteiger partial charge in [0.05, 0.1) is 5.56 Å². The summed E-state index contributed by atoms with van der Waals surface area (Å²) in [4.78, 5) is 14.1. The molecule has 0 spiro atoms. The number of phenolic OH excluding ortho intramolecular Hbond substituents is 1. The molecule has 1 heterocycles. The first kappa shape index (κ1) is 13.6. The van der Waals surface area contributed by atoms with E-state index in [1.807, 2.05) is 12.1 Å². The van der Waals surface area contributed by atoms with E-state index in [1.165, 1.54) is 23.3 Å². The minimum absolute atomic E-state index is 0.0127. The lowest BCUT2D eigenvalue weighted by molar-refractivity contribution is 0.0758. The predicted octanol–water partition coefficient (Wildman–Crippen LogP) is 2.77. The number of carbonyl (C=O) groups is 1. The summed E-state index contributed by atoms with van der Waals surface area (Å²) in [5.41, 5.74) is 2.51. The summed E-state index contributed by atoms with van der Waals surface area (Å²) in [5.74, 6) is -1.17. The van der Waals surface area contributed by atoms with Gasteiger partial charge in [-0.15, -0.1) is 0 Å². The van der Waals surface area contributed by atoms with Gasteiger partial charge in [0.1, 0.15) is 11.6 Å². The summed E-state index contributed by atoms with van der Waals surface area (Å²) in [5, 5.41) is 9.23. The van der Waals surface area contributed by atoms with Crippen LogP contribution in [-0.2, 0) is 12.8 Å². The number of halogens is 1. The van der Waals surface area contributed by atoms with E-state index in [-0.39, 0.29) is 17.2 Å². The van der Waals surface area contributed by atoms with Gasteiger partial charge in [0, 0.05) is 19.2 Å². The fourth-order valence-electron chi connectivity index (χ4n) is 2.72. The van der Waals surface area contributed by atoms with Gasteiger partial charge in [-0.1, -0.05) is 24.3 Å². The molecule has 0 saturated carbocycles. The average Bonchev–Trinajstić information content (AvgIpc) is 2.69. The van der Waals surface area contributed by atoms with Crippen molar-refractivity contribution in [3.63, 3.8) is 0 Å². The van der Waals surface area contributed by atoms with Crippen LogP contribution in [0.5, 0.6) is 5.75 Å². The zero-order valence-electron chi connectivity index (χ0n) is 11.6. The van der Waals surface area contributed by atoms with Gasteiger partial charge in [0.2, 0.25) is 0 Å². The van der Waals surface area contributed by atoms with Gasteiger partial charge in [-0.2, -0.15) is 0 Å². The maximum Gasteiger partial charge on any atom is 0.256 e. The zero-order valence-corrected chi connectivity index (χ0v) is 11.6. The Bertz CT molecular complexity index is 657. The first-order valence-corrected chi connectivity index (χ1v) is 7.00. The molecule has 0 saturated heterocycles. The second-order valence-corrected chi connectivity index (χ2v) is 5.23. The minimum Gasteiger partial charge on any atom is -0.508 e. The smallest absolute Gasteiger partial charge is 0.256 e. The molecule has 0 radical (unpaired) electrons. The summed E-state index contributed by atoms with van der Waals surface area (Å²) in [6, 6.07) is 11.8. The second-order valence-electron chi connectivity index (χ2n) is 5.23. The molecule has 1 aliphatic rings. The van der Waals surface area contributed by atoms with E-state index in [4.69, 9.17) is 0 Å². The van der Waals surface area contributed by atoms with Gasteiger partial charge < -0.3 is 10.0 Å². The molecule has 108 valence electrons. The Kier molecular flexibility index (Phi) is 3.60. The lowest BCUT2D eigenvalue weighted by Crippen LogP contribution is -2.33. The Balaban J connectivity index is 1.81. The lowest BCUT2D eigenvalue weighted by Gasteiger charge is -2.20. The van der Waals surface area contributed by atoms with Crippen LogP contribution in [0.1, 0.15) is 21.5 Å². The van der Waals surface area contributed by atoms with Crippen LogP contribution in [0.2, 0.25) is 0 Å². The van der Waals surface area contributed by atoms with Crippen LogP contribution in [-0.4, -0.2) is 29.0 Å². The number of amides is 1.